The number of rotatable bonds is 7. The molecule has 2 atom stereocenters. The van der Waals surface area contributed by atoms with Gasteiger partial charge in [0, 0.05) is 24.3 Å². The molecule has 0 bridgehead atoms. The van der Waals surface area contributed by atoms with Crippen molar-refractivity contribution in [1.82, 2.24) is 0 Å². The lowest BCUT2D eigenvalue weighted by molar-refractivity contribution is -0.149. The van der Waals surface area contributed by atoms with Crippen molar-refractivity contribution in [2.45, 2.75) is 57.3 Å². The van der Waals surface area contributed by atoms with Gasteiger partial charge in [-0.1, -0.05) is 27.2 Å². The van der Waals surface area contributed by atoms with Crippen molar-refractivity contribution in [3.63, 3.8) is 0 Å². The predicted octanol–water partition coefficient (Wildman–Crippen LogP) is 4.63. The first-order valence-corrected chi connectivity index (χ1v) is 10.1. The van der Waals surface area contributed by atoms with E-state index in [0.717, 1.165) is 42.0 Å². The summed E-state index contributed by atoms with van der Waals surface area (Å²) >= 11 is 3.52. The van der Waals surface area contributed by atoms with Crippen LogP contribution in [0, 0.1) is 0 Å². The molecule has 0 saturated heterocycles. The fourth-order valence-electron chi connectivity index (χ4n) is 3.48. The van der Waals surface area contributed by atoms with Gasteiger partial charge in [0.05, 0.1) is 18.9 Å². The number of methoxy groups -OCH3 is 1. The highest BCUT2D eigenvalue weighted by Gasteiger charge is 2.30. The number of hydrogen-bond donors (Lipinski definition) is 0. The van der Waals surface area contributed by atoms with Crippen molar-refractivity contribution in [1.29, 1.82) is 0 Å². The maximum Gasteiger partial charge on any atom is 0.227 e. The van der Waals surface area contributed by atoms with Crippen LogP contribution in [0.3, 0.4) is 0 Å². The topological polar surface area (TPSA) is 49.3 Å². The van der Waals surface area contributed by atoms with Gasteiger partial charge in [-0.05, 0) is 50.3 Å². The minimum atomic E-state index is -0.306. The van der Waals surface area contributed by atoms with Crippen molar-refractivity contribution in [2.24, 2.45) is 5.16 Å². The number of ether oxygens (including phenoxy) is 3. The number of benzene rings is 1. The van der Waals surface area contributed by atoms with Crippen molar-refractivity contribution in [3.8, 4) is 11.5 Å². The molecule has 5 nitrogen and oxygen atoms in total. The first-order valence-electron chi connectivity index (χ1n) is 8.99. The molecule has 1 saturated carbocycles. The molecule has 6 heteroatoms. The molecule has 0 unspecified atom stereocenters. The van der Waals surface area contributed by atoms with E-state index in [4.69, 9.17) is 19.0 Å². The van der Waals surface area contributed by atoms with E-state index in [1.54, 1.807) is 7.11 Å². The van der Waals surface area contributed by atoms with Crippen molar-refractivity contribution < 1.29 is 19.0 Å². The zero-order valence-electron chi connectivity index (χ0n) is 14.9. The molecular formula is C19H26BrNO4. The molecule has 138 valence electrons. The lowest BCUT2D eigenvalue weighted by atomic mass is 9.90. The highest BCUT2D eigenvalue weighted by atomic mass is 79.9. The van der Waals surface area contributed by atoms with Gasteiger partial charge in [0.1, 0.15) is 0 Å². The summed E-state index contributed by atoms with van der Waals surface area (Å²) < 4.78 is 17.3. The Morgan fingerprint density at radius 3 is 2.72 bits per heavy atom. The normalized spacial score (nSPS) is 23.9. The number of alkyl halides is 1. The van der Waals surface area contributed by atoms with E-state index in [2.05, 4.69) is 33.2 Å². The van der Waals surface area contributed by atoms with Gasteiger partial charge < -0.3 is 19.0 Å². The Balaban J connectivity index is 1.84. The second-order valence-electron chi connectivity index (χ2n) is 6.43. The maximum absolute atomic E-state index is 6.23. The van der Waals surface area contributed by atoms with Gasteiger partial charge in [-0.3, -0.25) is 0 Å². The van der Waals surface area contributed by atoms with Crippen LogP contribution in [-0.4, -0.2) is 37.2 Å². The number of halogens is 1. The van der Waals surface area contributed by atoms with Crippen LogP contribution in [0.4, 0.5) is 0 Å². The molecule has 25 heavy (non-hydrogen) atoms. The lowest BCUT2D eigenvalue weighted by Crippen LogP contribution is -2.29. The van der Waals surface area contributed by atoms with Gasteiger partial charge in [-0.2, -0.15) is 0 Å². The maximum atomic E-state index is 6.23. The predicted molar refractivity (Wildman–Crippen MR) is 101 cm³/mol. The number of oxime groups is 1. The molecule has 1 heterocycles. The molecule has 0 radical (unpaired) electrons. The van der Waals surface area contributed by atoms with E-state index in [-0.39, 0.29) is 12.2 Å². The molecule has 0 amide bonds. The molecule has 1 aliphatic heterocycles. The molecular weight excluding hydrogens is 386 g/mol. The van der Waals surface area contributed by atoms with Crippen LogP contribution in [0.1, 0.15) is 50.5 Å². The monoisotopic (exact) mass is 411 g/mol. The van der Waals surface area contributed by atoms with Crippen LogP contribution in [0.2, 0.25) is 0 Å². The van der Waals surface area contributed by atoms with E-state index in [1.807, 2.05) is 13.0 Å². The molecule has 1 aromatic carbocycles. The Bertz CT molecular complexity index is 601. The Labute approximate surface area is 157 Å². The number of hydrogen-bond acceptors (Lipinski definition) is 5. The van der Waals surface area contributed by atoms with E-state index in [1.165, 1.54) is 12.8 Å². The van der Waals surface area contributed by atoms with E-state index >= 15 is 0 Å². The van der Waals surface area contributed by atoms with E-state index < -0.39 is 0 Å². The average molecular weight is 412 g/mol. The van der Waals surface area contributed by atoms with Crippen LogP contribution in [-0.2, 0) is 9.57 Å². The SMILES string of the molecule is CCO[C@@H]1C[C@@H](c2ccc(OC)c(OC3CCCC3)c2)C(CBr)=NO1. The summed E-state index contributed by atoms with van der Waals surface area (Å²) in [5, 5.41) is 4.92. The second-order valence-corrected chi connectivity index (χ2v) is 6.99. The smallest absolute Gasteiger partial charge is 0.227 e. The van der Waals surface area contributed by atoms with Crippen molar-refractivity contribution in [3.05, 3.63) is 23.8 Å². The minimum Gasteiger partial charge on any atom is -0.493 e. The lowest BCUT2D eigenvalue weighted by Gasteiger charge is -2.28. The van der Waals surface area contributed by atoms with Gasteiger partial charge in [-0.15, -0.1) is 0 Å². The third-order valence-corrected chi connectivity index (χ3v) is 5.37. The van der Waals surface area contributed by atoms with Crippen molar-refractivity contribution in [2.75, 3.05) is 19.0 Å². The highest BCUT2D eigenvalue weighted by Crippen LogP contribution is 2.37. The third-order valence-electron chi connectivity index (χ3n) is 4.79. The minimum absolute atomic E-state index is 0.140. The largest absolute Gasteiger partial charge is 0.493 e. The summed E-state index contributed by atoms with van der Waals surface area (Å²) in [5.41, 5.74) is 2.12. The van der Waals surface area contributed by atoms with E-state index in [9.17, 15) is 0 Å². The molecule has 1 fully saturated rings. The molecule has 1 aromatic rings. The van der Waals surface area contributed by atoms with Crippen LogP contribution in [0.5, 0.6) is 11.5 Å². The first-order chi connectivity index (χ1) is 12.2. The van der Waals surface area contributed by atoms with Gasteiger partial charge in [0.2, 0.25) is 6.29 Å². The fourth-order valence-corrected chi connectivity index (χ4v) is 3.97. The summed E-state index contributed by atoms with van der Waals surface area (Å²) in [6, 6.07) is 6.16. The average Bonchev–Trinajstić information content (AvgIpc) is 3.15. The van der Waals surface area contributed by atoms with Gasteiger partial charge in [-0.25, -0.2) is 0 Å². The highest BCUT2D eigenvalue weighted by molar-refractivity contribution is 9.09. The van der Waals surface area contributed by atoms with Gasteiger partial charge in [0.15, 0.2) is 11.5 Å². The fraction of sp³-hybridized carbons (Fsp3) is 0.632. The molecule has 0 aromatic heterocycles. The summed E-state index contributed by atoms with van der Waals surface area (Å²) in [4.78, 5) is 5.44. The Kier molecular flexibility index (Phi) is 6.59. The summed E-state index contributed by atoms with van der Waals surface area (Å²) in [5.74, 6) is 1.74. The quantitative estimate of drug-likeness (QED) is 0.613. The summed E-state index contributed by atoms with van der Waals surface area (Å²) in [7, 11) is 1.68. The Hall–Kier alpha value is -1.27. The molecule has 3 rings (SSSR count). The van der Waals surface area contributed by atoms with Crippen LogP contribution < -0.4 is 9.47 Å². The molecule has 1 aliphatic carbocycles. The van der Waals surface area contributed by atoms with Gasteiger partial charge in [0.25, 0.3) is 0 Å². The molecule has 0 spiro atoms. The van der Waals surface area contributed by atoms with Crippen LogP contribution >= 0.6 is 15.9 Å². The zero-order valence-corrected chi connectivity index (χ0v) is 16.5. The number of nitrogens with zero attached hydrogens (tertiary/aromatic N) is 1. The second kappa shape index (κ2) is 8.90. The first kappa shape index (κ1) is 18.5. The van der Waals surface area contributed by atoms with Crippen LogP contribution in [0.15, 0.2) is 23.4 Å². The van der Waals surface area contributed by atoms with Crippen LogP contribution in [0.25, 0.3) is 0 Å². The Morgan fingerprint density at radius 2 is 2.04 bits per heavy atom. The summed E-state index contributed by atoms with van der Waals surface area (Å²) in [6.45, 7) is 2.57. The molecule has 2 aliphatic rings. The molecule has 0 N–H and O–H groups in total. The summed E-state index contributed by atoms with van der Waals surface area (Å²) in [6.07, 6.45) is 5.44. The van der Waals surface area contributed by atoms with Gasteiger partial charge >= 0.3 is 0 Å². The Morgan fingerprint density at radius 1 is 1.24 bits per heavy atom. The van der Waals surface area contributed by atoms with Crippen molar-refractivity contribution >= 4 is 21.6 Å². The van der Waals surface area contributed by atoms with E-state index in [0.29, 0.717) is 18.0 Å². The zero-order chi connectivity index (χ0) is 17.6. The standard InChI is InChI=1S/C19H26BrNO4/c1-3-23-19-11-15(16(12-20)21-25-19)13-8-9-17(22-2)18(10-13)24-14-6-4-5-7-14/h8-10,14-15,19H,3-7,11-12H2,1-2H3/t15-,19-/m0/s1. The third kappa shape index (κ3) is 4.47.